The van der Waals surface area contributed by atoms with Crippen molar-refractivity contribution in [1.82, 2.24) is 15.4 Å². The molecule has 1 N–H and O–H groups in total. The van der Waals surface area contributed by atoms with Crippen LogP contribution in [0.3, 0.4) is 0 Å². The van der Waals surface area contributed by atoms with Gasteiger partial charge in [0.2, 0.25) is 11.7 Å². The highest BCUT2D eigenvalue weighted by Gasteiger charge is 2.48. The molecule has 0 unspecified atom stereocenters. The molecule has 0 bridgehead atoms. The molecule has 2 atom stereocenters. The largest absolute Gasteiger partial charge is 0.479 e. The lowest BCUT2D eigenvalue weighted by Gasteiger charge is -2.39. The van der Waals surface area contributed by atoms with E-state index >= 15 is 0 Å². The minimum Gasteiger partial charge on any atom is -0.479 e. The first-order chi connectivity index (χ1) is 10.7. The lowest BCUT2D eigenvalue weighted by Crippen LogP contribution is -2.58. The molecule has 1 aliphatic heterocycles. The Morgan fingerprint density at radius 2 is 2.13 bits per heavy atom. The van der Waals surface area contributed by atoms with E-state index in [1.54, 1.807) is 0 Å². The molecular weight excluding hydrogens is 319 g/mol. The predicted molar refractivity (Wildman–Crippen MR) is 70.8 cm³/mol. The summed E-state index contributed by atoms with van der Waals surface area (Å²) < 4.78 is 49.0. The van der Waals surface area contributed by atoms with Crippen LogP contribution in [0.4, 0.5) is 13.2 Å². The Kier molecular flexibility index (Phi) is 4.81. The van der Waals surface area contributed by atoms with E-state index in [2.05, 4.69) is 10.5 Å². The van der Waals surface area contributed by atoms with E-state index in [-0.39, 0.29) is 36.9 Å². The maximum absolute atomic E-state index is 13.2. The van der Waals surface area contributed by atoms with E-state index in [9.17, 15) is 22.8 Å². The Bertz CT molecular complexity index is 587. The summed E-state index contributed by atoms with van der Waals surface area (Å²) in [6, 6.07) is -1.35. The third kappa shape index (κ3) is 3.93. The SMILES string of the molecule is COc1cc(C(=O)N2C[C@@H](NC(C)=O)CC[C@H]2C(F)(F)F)on1. The van der Waals surface area contributed by atoms with Gasteiger partial charge in [-0.05, 0) is 18.0 Å². The predicted octanol–water partition coefficient (Wildman–Crippen LogP) is 1.35. The van der Waals surface area contributed by atoms with E-state index in [1.165, 1.54) is 14.0 Å². The van der Waals surface area contributed by atoms with Crippen LogP contribution in [0.1, 0.15) is 30.3 Å². The van der Waals surface area contributed by atoms with Crippen molar-refractivity contribution in [3.8, 4) is 5.88 Å². The molecule has 0 saturated carbocycles. The summed E-state index contributed by atoms with van der Waals surface area (Å²) in [5, 5.41) is 5.94. The Balaban J connectivity index is 2.23. The third-order valence-corrected chi connectivity index (χ3v) is 3.54. The van der Waals surface area contributed by atoms with Gasteiger partial charge in [0.15, 0.2) is 0 Å². The highest BCUT2D eigenvalue weighted by molar-refractivity contribution is 5.92. The fourth-order valence-electron chi connectivity index (χ4n) is 2.54. The molecule has 1 aromatic rings. The zero-order valence-electron chi connectivity index (χ0n) is 12.5. The molecule has 2 rings (SSSR count). The number of nitrogens with one attached hydrogen (secondary N) is 1. The monoisotopic (exact) mass is 335 g/mol. The number of nitrogens with zero attached hydrogens (tertiary/aromatic N) is 2. The standard InChI is InChI=1S/C13H16F3N3O4/c1-7(20)17-8-3-4-10(13(14,15)16)19(6-8)12(21)9-5-11(22-2)18-23-9/h5,8,10H,3-4,6H2,1-2H3,(H,17,20)/t8-,10-/m0/s1. The normalized spacial score (nSPS) is 21.9. The number of carbonyl (C=O) groups is 2. The first-order valence-corrected chi connectivity index (χ1v) is 6.88. The average Bonchev–Trinajstić information content (AvgIpc) is 2.93. The number of hydrogen-bond donors (Lipinski definition) is 1. The maximum atomic E-state index is 13.2. The summed E-state index contributed by atoms with van der Waals surface area (Å²) in [4.78, 5) is 24.1. The van der Waals surface area contributed by atoms with E-state index in [0.29, 0.717) is 4.90 Å². The van der Waals surface area contributed by atoms with Crippen LogP contribution < -0.4 is 10.1 Å². The fraction of sp³-hybridized carbons (Fsp3) is 0.615. The Hall–Kier alpha value is -2.26. The second-order valence-corrected chi connectivity index (χ2v) is 5.22. The smallest absolute Gasteiger partial charge is 0.408 e. The van der Waals surface area contributed by atoms with Gasteiger partial charge in [-0.3, -0.25) is 9.59 Å². The summed E-state index contributed by atoms with van der Waals surface area (Å²) >= 11 is 0. The fourth-order valence-corrected chi connectivity index (χ4v) is 2.54. The van der Waals surface area contributed by atoms with Gasteiger partial charge < -0.3 is 19.5 Å². The molecule has 0 spiro atoms. The number of piperidine rings is 1. The number of amides is 2. The van der Waals surface area contributed by atoms with Crippen molar-refractivity contribution in [3.63, 3.8) is 0 Å². The van der Waals surface area contributed by atoms with Gasteiger partial charge in [0.1, 0.15) is 6.04 Å². The number of carbonyl (C=O) groups excluding carboxylic acids is 2. The molecule has 0 radical (unpaired) electrons. The summed E-state index contributed by atoms with van der Waals surface area (Å²) in [7, 11) is 1.29. The Morgan fingerprint density at radius 3 is 2.65 bits per heavy atom. The number of likely N-dealkylation sites (tertiary alicyclic amines) is 1. The van der Waals surface area contributed by atoms with E-state index in [1.807, 2.05) is 0 Å². The molecule has 0 aromatic carbocycles. The number of alkyl halides is 3. The van der Waals surface area contributed by atoms with E-state index in [0.717, 1.165) is 6.07 Å². The molecule has 2 amide bonds. The molecule has 23 heavy (non-hydrogen) atoms. The van der Waals surface area contributed by atoms with E-state index < -0.39 is 24.2 Å². The quantitative estimate of drug-likeness (QED) is 0.901. The molecule has 7 nitrogen and oxygen atoms in total. The first-order valence-electron chi connectivity index (χ1n) is 6.88. The number of rotatable bonds is 3. The minimum absolute atomic E-state index is 0.00710. The van der Waals surface area contributed by atoms with Crippen molar-refractivity contribution < 1.29 is 32.0 Å². The van der Waals surface area contributed by atoms with Crippen LogP contribution in [-0.2, 0) is 4.79 Å². The lowest BCUT2D eigenvalue weighted by molar-refractivity contribution is -0.184. The number of hydrogen-bond acceptors (Lipinski definition) is 5. The molecule has 1 aliphatic rings. The highest BCUT2D eigenvalue weighted by Crippen LogP contribution is 2.33. The van der Waals surface area contributed by atoms with Gasteiger partial charge in [-0.2, -0.15) is 13.2 Å². The van der Waals surface area contributed by atoms with Crippen molar-refractivity contribution in [3.05, 3.63) is 11.8 Å². The summed E-state index contributed by atoms with van der Waals surface area (Å²) in [5.41, 5.74) is 0. The van der Waals surface area contributed by atoms with Gasteiger partial charge in [-0.1, -0.05) is 0 Å². The summed E-state index contributed by atoms with van der Waals surface area (Å²) in [6.07, 6.45) is -4.74. The van der Waals surface area contributed by atoms with Gasteiger partial charge in [0.05, 0.1) is 13.2 Å². The zero-order chi connectivity index (χ0) is 17.2. The van der Waals surface area contributed by atoms with Crippen molar-refractivity contribution in [2.45, 2.75) is 38.0 Å². The molecule has 0 aliphatic carbocycles. The van der Waals surface area contributed by atoms with Crippen LogP contribution in [0, 0.1) is 0 Å². The van der Waals surface area contributed by atoms with Crippen LogP contribution in [0.15, 0.2) is 10.6 Å². The molecule has 1 fully saturated rings. The van der Waals surface area contributed by atoms with Crippen LogP contribution in [0.25, 0.3) is 0 Å². The van der Waals surface area contributed by atoms with Crippen LogP contribution in [0.5, 0.6) is 5.88 Å². The molecular formula is C13H16F3N3O4. The Morgan fingerprint density at radius 1 is 1.43 bits per heavy atom. The molecule has 2 heterocycles. The highest BCUT2D eigenvalue weighted by atomic mass is 19.4. The first kappa shape index (κ1) is 17.1. The van der Waals surface area contributed by atoms with Gasteiger partial charge >= 0.3 is 6.18 Å². The van der Waals surface area contributed by atoms with Crippen LogP contribution >= 0.6 is 0 Å². The molecule has 128 valence electrons. The number of aromatic nitrogens is 1. The van der Waals surface area contributed by atoms with Crippen molar-refractivity contribution >= 4 is 11.8 Å². The third-order valence-electron chi connectivity index (χ3n) is 3.54. The molecule has 1 aromatic heterocycles. The number of halogens is 3. The number of ether oxygens (including phenoxy) is 1. The van der Waals surface area contributed by atoms with E-state index in [4.69, 9.17) is 9.26 Å². The van der Waals surface area contributed by atoms with Gasteiger partial charge in [0.25, 0.3) is 11.8 Å². The minimum atomic E-state index is -4.57. The summed E-state index contributed by atoms with van der Waals surface area (Å²) in [5.74, 6) is -1.67. The molecule has 10 heteroatoms. The Labute approximate surface area is 129 Å². The van der Waals surface area contributed by atoms with Gasteiger partial charge in [-0.25, -0.2) is 0 Å². The average molecular weight is 335 g/mol. The van der Waals surface area contributed by atoms with Gasteiger partial charge in [-0.15, -0.1) is 0 Å². The zero-order valence-corrected chi connectivity index (χ0v) is 12.5. The second kappa shape index (κ2) is 6.47. The van der Waals surface area contributed by atoms with Crippen molar-refractivity contribution in [2.75, 3.05) is 13.7 Å². The summed E-state index contributed by atoms with van der Waals surface area (Å²) in [6.45, 7) is 1.01. The molecule has 1 saturated heterocycles. The maximum Gasteiger partial charge on any atom is 0.408 e. The topological polar surface area (TPSA) is 84.7 Å². The number of methoxy groups -OCH3 is 1. The van der Waals surface area contributed by atoms with Crippen LogP contribution in [-0.4, -0.2) is 53.8 Å². The van der Waals surface area contributed by atoms with Gasteiger partial charge in [0, 0.05) is 19.5 Å². The lowest BCUT2D eigenvalue weighted by atomic mass is 9.97. The second-order valence-electron chi connectivity index (χ2n) is 5.22. The van der Waals surface area contributed by atoms with Crippen molar-refractivity contribution in [1.29, 1.82) is 0 Å². The van der Waals surface area contributed by atoms with Crippen LogP contribution in [0.2, 0.25) is 0 Å². The van der Waals surface area contributed by atoms with Crippen molar-refractivity contribution in [2.24, 2.45) is 0 Å².